The Morgan fingerprint density at radius 1 is 1.42 bits per heavy atom. The van der Waals surface area contributed by atoms with E-state index in [1.807, 2.05) is 0 Å². The van der Waals surface area contributed by atoms with Crippen LogP contribution in [0.3, 0.4) is 0 Å². The summed E-state index contributed by atoms with van der Waals surface area (Å²) in [6, 6.07) is 2.29. The number of hydrogen-bond acceptors (Lipinski definition) is 4. The van der Waals surface area contributed by atoms with Crippen LogP contribution >= 0.6 is 11.3 Å². The van der Waals surface area contributed by atoms with Crippen LogP contribution in [0, 0.1) is 11.3 Å². The van der Waals surface area contributed by atoms with Crippen molar-refractivity contribution in [3.05, 3.63) is 16.5 Å². The lowest BCUT2D eigenvalue weighted by atomic mass is 10.2. The number of anilines is 1. The molecule has 1 N–H and O–H groups in total. The molecule has 0 bridgehead atoms. The second-order valence-electron chi connectivity index (χ2n) is 4.59. The van der Waals surface area contributed by atoms with Gasteiger partial charge in [-0.15, -0.1) is 11.3 Å². The maximum atomic E-state index is 12.5. The molecule has 1 aromatic rings. The van der Waals surface area contributed by atoms with Gasteiger partial charge in [-0.1, -0.05) is 0 Å². The fraction of sp³-hybridized carbons (Fsp3) is 0.455. The number of alkyl halides is 3. The van der Waals surface area contributed by atoms with Crippen LogP contribution in [0.15, 0.2) is 6.07 Å². The van der Waals surface area contributed by atoms with E-state index in [9.17, 15) is 18.0 Å². The predicted octanol–water partition coefficient (Wildman–Crippen LogP) is 3.99. The minimum Gasteiger partial charge on any atom is -0.444 e. The third-order valence-corrected chi connectivity index (χ3v) is 2.84. The number of nitriles is 1. The predicted molar refractivity (Wildman–Crippen MR) is 63.9 cm³/mol. The van der Waals surface area contributed by atoms with Crippen LogP contribution in [0.1, 0.15) is 31.2 Å². The van der Waals surface area contributed by atoms with Crippen LogP contribution in [-0.4, -0.2) is 11.7 Å². The molecule has 0 aliphatic carbocycles. The molecule has 0 unspecified atom stereocenters. The molecule has 0 aliphatic rings. The van der Waals surface area contributed by atoms with Crippen molar-refractivity contribution >= 4 is 22.4 Å². The van der Waals surface area contributed by atoms with Gasteiger partial charge in [0.2, 0.25) is 0 Å². The Morgan fingerprint density at radius 2 is 2.00 bits per heavy atom. The van der Waals surface area contributed by atoms with Crippen molar-refractivity contribution in [2.45, 2.75) is 32.5 Å². The van der Waals surface area contributed by atoms with E-state index in [1.54, 1.807) is 26.8 Å². The quantitative estimate of drug-likeness (QED) is 0.851. The van der Waals surface area contributed by atoms with E-state index in [-0.39, 0.29) is 21.9 Å². The summed E-state index contributed by atoms with van der Waals surface area (Å²) >= 11 is 0.286. The molecule has 1 rings (SSSR count). The molecule has 1 aromatic heterocycles. The van der Waals surface area contributed by atoms with E-state index in [0.29, 0.717) is 6.07 Å². The third-order valence-electron chi connectivity index (χ3n) is 1.75. The van der Waals surface area contributed by atoms with E-state index in [1.165, 1.54) is 0 Å². The summed E-state index contributed by atoms with van der Waals surface area (Å²) in [5.41, 5.74) is -1.02. The van der Waals surface area contributed by atoms with E-state index in [4.69, 9.17) is 10.00 Å². The van der Waals surface area contributed by atoms with Gasteiger partial charge in [0.1, 0.15) is 21.5 Å². The van der Waals surface area contributed by atoms with Crippen LogP contribution in [0.2, 0.25) is 0 Å². The highest BCUT2D eigenvalue weighted by atomic mass is 32.1. The number of ether oxygens (including phenoxy) is 1. The number of nitrogens with zero attached hydrogens (tertiary/aromatic N) is 1. The maximum Gasteiger partial charge on any atom is 0.425 e. The van der Waals surface area contributed by atoms with Gasteiger partial charge < -0.3 is 4.74 Å². The monoisotopic (exact) mass is 292 g/mol. The Labute approximate surface area is 111 Å². The van der Waals surface area contributed by atoms with Gasteiger partial charge in [0.15, 0.2) is 0 Å². The summed E-state index contributed by atoms with van der Waals surface area (Å²) in [5.74, 6) is 0. The van der Waals surface area contributed by atoms with Crippen molar-refractivity contribution in [1.82, 2.24) is 0 Å². The minimum atomic E-state index is -4.55. The lowest BCUT2D eigenvalue weighted by molar-refractivity contribution is -0.134. The van der Waals surface area contributed by atoms with Crippen molar-refractivity contribution in [2.24, 2.45) is 0 Å². The SMILES string of the molecule is CC(C)(C)OC(=O)Nc1sc(C(F)(F)F)cc1C#N. The molecule has 0 radical (unpaired) electrons. The molecule has 104 valence electrons. The molecule has 4 nitrogen and oxygen atoms in total. The van der Waals surface area contributed by atoms with Gasteiger partial charge in [-0.2, -0.15) is 18.4 Å². The zero-order valence-electron chi connectivity index (χ0n) is 10.4. The van der Waals surface area contributed by atoms with Crippen LogP contribution in [-0.2, 0) is 10.9 Å². The van der Waals surface area contributed by atoms with Gasteiger partial charge in [-0.3, -0.25) is 5.32 Å². The fourth-order valence-corrected chi connectivity index (χ4v) is 1.96. The molecule has 0 aromatic carbocycles. The number of carbonyl (C=O) groups excluding carboxylic acids is 1. The average Bonchev–Trinajstić information content (AvgIpc) is 2.57. The van der Waals surface area contributed by atoms with Crippen LogP contribution < -0.4 is 5.32 Å². The van der Waals surface area contributed by atoms with Gasteiger partial charge in [0.05, 0.1) is 5.56 Å². The van der Waals surface area contributed by atoms with Crippen LogP contribution in [0.4, 0.5) is 23.0 Å². The molecule has 0 saturated carbocycles. The Balaban J connectivity index is 2.93. The topological polar surface area (TPSA) is 62.1 Å². The second-order valence-corrected chi connectivity index (χ2v) is 5.64. The zero-order valence-corrected chi connectivity index (χ0v) is 11.2. The first-order chi connectivity index (χ1) is 8.53. The van der Waals surface area contributed by atoms with Crippen molar-refractivity contribution in [1.29, 1.82) is 5.26 Å². The van der Waals surface area contributed by atoms with Crippen molar-refractivity contribution < 1.29 is 22.7 Å². The molecule has 0 spiro atoms. The number of nitrogens with one attached hydrogen (secondary N) is 1. The van der Waals surface area contributed by atoms with Gasteiger partial charge in [0.25, 0.3) is 0 Å². The second kappa shape index (κ2) is 5.09. The van der Waals surface area contributed by atoms with Crippen molar-refractivity contribution in [3.63, 3.8) is 0 Å². The smallest absolute Gasteiger partial charge is 0.425 e. The van der Waals surface area contributed by atoms with Gasteiger partial charge >= 0.3 is 12.3 Å². The Hall–Kier alpha value is -1.75. The number of thiophene rings is 1. The molecular weight excluding hydrogens is 281 g/mol. The van der Waals surface area contributed by atoms with E-state index in [2.05, 4.69) is 5.32 Å². The van der Waals surface area contributed by atoms with Crippen molar-refractivity contribution in [2.75, 3.05) is 5.32 Å². The summed E-state index contributed by atoms with van der Waals surface area (Å²) in [5, 5.41) is 10.7. The molecule has 0 fully saturated rings. The summed E-state index contributed by atoms with van der Waals surface area (Å²) in [6.07, 6.45) is -5.45. The molecule has 1 heterocycles. The van der Waals surface area contributed by atoms with Crippen LogP contribution in [0.25, 0.3) is 0 Å². The molecule has 0 atom stereocenters. The standard InChI is InChI=1S/C11H11F3N2O2S/c1-10(2,3)18-9(17)16-8-6(5-15)4-7(19-8)11(12,13)14/h4H,1-3H3,(H,16,17). The molecule has 0 aliphatic heterocycles. The van der Waals surface area contributed by atoms with E-state index in [0.717, 1.165) is 0 Å². The van der Waals surface area contributed by atoms with Gasteiger partial charge in [-0.25, -0.2) is 4.79 Å². The molecule has 8 heteroatoms. The fourth-order valence-electron chi connectivity index (χ4n) is 1.10. The Bertz CT molecular complexity index is 524. The normalized spacial score (nSPS) is 11.8. The largest absolute Gasteiger partial charge is 0.444 e. The molecule has 19 heavy (non-hydrogen) atoms. The first-order valence-electron chi connectivity index (χ1n) is 5.14. The summed E-state index contributed by atoms with van der Waals surface area (Å²) < 4.78 is 42.4. The van der Waals surface area contributed by atoms with Crippen LogP contribution in [0.5, 0.6) is 0 Å². The maximum absolute atomic E-state index is 12.5. The Morgan fingerprint density at radius 3 is 2.42 bits per heavy atom. The summed E-state index contributed by atoms with van der Waals surface area (Å²) in [7, 11) is 0. The first kappa shape index (κ1) is 15.3. The number of rotatable bonds is 1. The third kappa shape index (κ3) is 4.44. The van der Waals surface area contributed by atoms with E-state index < -0.39 is 22.7 Å². The van der Waals surface area contributed by atoms with Gasteiger partial charge in [0, 0.05) is 0 Å². The Kier molecular flexibility index (Phi) is 4.10. The lowest BCUT2D eigenvalue weighted by Gasteiger charge is -2.19. The minimum absolute atomic E-state index is 0.177. The number of carbonyl (C=O) groups is 1. The molecular formula is C11H11F3N2O2S. The number of amides is 1. The van der Waals surface area contributed by atoms with Crippen molar-refractivity contribution in [3.8, 4) is 6.07 Å². The highest BCUT2D eigenvalue weighted by Gasteiger charge is 2.34. The average molecular weight is 292 g/mol. The van der Waals surface area contributed by atoms with E-state index >= 15 is 0 Å². The summed E-state index contributed by atoms with van der Waals surface area (Å²) in [6.45, 7) is 4.86. The number of hydrogen-bond donors (Lipinski definition) is 1. The summed E-state index contributed by atoms with van der Waals surface area (Å²) in [4.78, 5) is 10.5. The first-order valence-corrected chi connectivity index (χ1v) is 5.96. The zero-order chi connectivity index (χ0) is 14.8. The molecule has 0 saturated heterocycles. The lowest BCUT2D eigenvalue weighted by Crippen LogP contribution is -2.27. The van der Waals surface area contributed by atoms with Gasteiger partial charge in [-0.05, 0) is 26.8 Å². The highest BCUT2D eigenvalue weighted by Crippen LogP contribution is 2.39. The number of halogens is 3. The highest BCUT2D eigenvalue weighted by molar-refractivity contribution is 7.16. The molecule has 1 amide bonds.